The van der Waals surface area contributed by atoms with Crippen molar-refractivity contribution in [2.24, 2.45) is 0 Å². The minimum absolute atomic E-state index is 0.0137. The van der Waals surface area contributed by atoms with Crippen molar-refractivity contribution in [2.45, 2.75) is 19.3 Å². The Morgan fingerprint density at radius 1 is 1.29 bits per heavy atom. The summed E-state index contributed by atoms with van der Waals surface area (Å²) in [7, 11) is 0. The monoisotopic (exact) mass is 294 g/mol. The molecule has 1 aliphatic rings. The molecule has 2 rings (SSSR count). The van der Waals surface area contributed by atoms with E-state index in [4.69, 9.17) is 4.74 Å². The van der Waals surface area contributed by atoms with E-state index >= 15 is 0 Å². The van der Waals surface area contributed by atoms with Gasteiger partial charge in [0.15, 0.2) is 0 Å². The van der Waals surface area contributed by atoms with Crippen molar-refractivity contribution in [3.63, 3.8) is 0 Å². The Labute approximate surface area is 125 Å². The highest BCUT2D eigenvalue weighted by atomic mass is 19.1. The number of amides is 1. The molecule has 0 aliphatic carbocycles. The standard InChI is InChI=1S/C16H23FN2O2/c17-15-5-2-1-4-14(15)6-7-16(20)18-8-3-9-19-10-12-21-13-11-19/h1-2,4-5H,3,6-13H2,(H,18,20). The van der Waals surface area contributed by atoms with E-state index in [-0.39, 0.29) is 11.7 Å². The number of carbonyl (C=O) groups is 1. The molecule has 1 aliphatic heterocycles. The second kappa shape index (κ2) is 8.74. The molecule has 0 spiro atoms. The van der Waals surface area contributed by atoms with Gasteiger partial charge in [-0.2, -0.15) is 0 Å². The second-order valence-corrected chi connectivity index (χ2v) is 5.25. The number of hydrogen-bond acceptors (Lipinski definition) is 3. The van der Waals surface area contributed by atoms with Gasteiger partial charge in [-0.1, -0.05) is 18.2 Å². The number of benzene rings is 1. The number of rotatable bonds is 7. The first-order valence-electron chi connectivity index (χ1n) is 7.56. The first kappa shape index (κ1) is 15.9. The summed E-state index contributed by atoms with van der Waals surface area (Å²) in [6.07, 6.45) is 1.71. The molecular formula is C16H23FN2O2. The number of halogens is 1. The summed E-state index contributed by atoms with van der Waals surface area (Å²) in [5, 5.41) is 2.89. The number of nitrogens with zero attached hydrogens (tertiary/aromatic N) is 1. The van der Waals surface area contributed by atoms with Gasteiger partial charge in [0.25, 0.3) is 0 Å². The smallest absolute Gasteiger partial charge is 0.220 e. The lowest BCUT2D eigenvalue weighted by molar-refractivity contribution is -0.121. The van der Waals surface area contributed by atoms with Crippen LogP contribution in [0.1, 0.15) is 18.4 Å². The minimum atomic E-state index is -0.238. The SMILES string of the molecule is O=C(CCc1ccccc1F)NCCCN1CCOCC1. The van der Waals surface area contributed by atoms with Crippen molar-refractivity contribution >= 4 is 5.91 Å². The Kier molecular flexibility index (Phi) is 6.63. The molecule has 1 aromatic rings. The largest absolute Gasteiger partial charge is 0.379 e. The lowest BCUT2D eigenvalue weighted by Gasteiger charge is -2.26. The Morgan fingerprint density at radius 2 is 2.05 bits per heavy atom. The van der Waals surface area contributed by atoms with Gasteiger partial charge in [-0.05, 0) is 31.0 Å². The summed E-state index contributed by atoms with van der Waals surface area (Å²) in [5.74, 6) is -0.252. The molecule has 1 heterocycles. The van der Waals surface area contributed by atoms with Crippen LogP contribution in [0.2, 0.25) is 0 Å². The summed E-state index contributed by atoms with van der Waals surface area (Å²) in [4.78, 5) is 14.1. The highest BCUT2D eigenvalue weighted by Crippen LogP contribution is 2.08. The zero-order valence-electron chi connectivity index (χ0n) is 12.3. The van der Waals surface area contributed by atoms with Crippen LogP contribution >= 0.6 is 0 Å². The maximum atomic E-state index is 13.4. The second-order valence-electron chi connectivity index (χ2n) is 5.25. The summed E-state index contributed by atoms with van der Waals surface area (Å²) in [6, 6.07) is 6.60. The molecule has 116 valence electrons. The highest BCUT2D eigenvalue weighted by Gasteiger charge is 2.10. The van der Waals surface area contributed by atoms with Crippen LogP contribution in [0, 0.1) is 5.82 Å². The van der Waals surface area contributed by atoms with Crippen molar-refractivity contribution in [3.05, 3.63) is 35.6 Å². The molecule has 5 heteroatoms. The maximum absolute atomic E-state index is 13.4. The van der Waals surface area contributed by atoms with Gasteiger partial charge >= 0.3 is 0 Å². The molecule has 21 heavy (non-hydrogen) atoms. The Bertz CT molecular complexity index is 448. The summed E-state index contributed by atoms with van der Waals surface area (Å²) in [5.41, 5.74) is 0.598. The lowest BCUT2D eigenvalue weighted by atomic mass is 10.1. The Balaban J connectivity index is 1.56. The summed E-state index contributed by atoms with van der Waals surface area (Å²) in [6.45, 7) is 5.21. The third kappa shape index (κ3) is 5.81. The molecule has 0 radical (unpaired) electrons. The molecule has 0 atom stereocenters. The maximum Gasteiger partial charge on any atom is 0.220 e. The third-order valence-corrected chi connectivity index (χ3v) is 3.66. The van der Waals surface area contributed by atoms with Crippen LogP contribution in [-0.4, -0.2) is 50.2 Å². The molecule has 1 fully saturated rings. The average Bonchev–Trinajstić information content (AvgIpc) is 2.52. The van der Waals surface area contributed by atoms with Crippen LogP contribution in [-0.2, 0) is 16.0 Å². The van der Waals surface area contributed by atoms with E-state index in [1.165, 1.54) is 6.07 Å². The topological polar surface area (TPSA) is 41.6 Å². The number of morpholine rings is 1. The van der Waals surface area contributed by atoms with Gasteiger partial charge in [-0.25, -0.2) is 4.39 Å². The number of ether oxygens (including phenoxy) is 1. The molecule has 1 N–H and O–H groups in total. The molecule has 0 aromatic heterocycles. The number of carbonyl (C=O) groups excluding carboxylic acids is 1. The van der Waals surface area contributed by atoms with Gasteiger partial charge in [-0.3, -0.25) is 9.69 Å². The molecular weight excluding hydrogens is 271 g/mol. The van der Waals surface area contributed by atoms with E-state index < -0.39 is 0 Å². The number of aryl methyl sites for hydroxylation is 1. The number of nitrogens with one attached hydrogen (secondary N) is 1. The molecule has 1 amide bonds. The lowest BCUT2D eigenvalue weighted by Crippen LogP contribution is -2.38. The molecule has 0 saturated carbocycles. The van der Waals surface area contributed by atoms with E-state index in [0.717, 1.165) is 39.3 Å². The molecule has 0 bridgehead atoms. The van der Waals surface area contributed by atoms with E-state index in [1.807, 2.05) is 0 Å². The normalized spacial score (nSPS) is 15.9. The van der Waals surface area contributed by atoms with Crippen LogP contribution in [0.15, 0.2) is 24.3 Å². The van der Waals surface area contributed by atoms with Gasteiger partial charge in [0.05, 0.1) is 13.2 Å². The third-order valence-electron chi connectivity index (χ3n) is 3.66. The molecule has 0 unspecified atom stereocenters. The molecule has 1 saturated heterocycles. The van der Waals surface area contributed by atoms with E-state index in [2.05, 4.69) is 10.2 Å². The fourth-order valence-electron chi connectivity index (χ4n) is 2.39. The van der Waals surface area contributed by atoms with Gasteiger partial charge in [0.2, 0.25) is 5.91 Å². The fourth-order valence-corrected chi connectivity index (χ4v) is 2.39. The van der Waals surface area contributed by atoms with Crippen LogP contribution in [0.5, 0.6) is 0 Å². The molecule has 1 aromatic carbocycles. The first-order chi connectivity index (χ1) is 10.3. The van der Waals surface area contributed by atoms with E-state index in [9.17, 15) is 9.18 Å². The van der Waals surface area contributed by atoms with E-state index in [1.54, 1.807) is 18.2 Å². The zero-order chi connectivity index (χ0) is 14.9. The Hall–Kier alpha value is -1.46. The van der Waals surface area contributed by atoms with Gasteiger partial charge in [0.1, 0.15) is 5.82 Å². The van der Waals surface area contributed by atoms with Crippen LogP contribution in [0.4, 0.5) is 4.39 Å². The predicted octanol–water partition coefficient (Wildman–Crippen LogP) is 1.60. The zero-order valence-corrected chi connectivity index (χ0v) is 12.3. The van der Waals surface area contributed by atoms with Crippen LogP contribution < -0.4 is 5.32 Å². The quantitative estimate of drug-likeness (QED) is 0.777. The van der Waals surface area contributed by atoms with Crippen molar-refractivity contribution in [1.29, 1.82) is 0 Å². The summed E-state index contributed by atoms with van der Waals surface area (Å²) >= 11 is 0. The van der Waals surface area contributed by atoms with Crippen molar-refractivity contribution in [3.8, 4) is 0 Å². The Morgan fingerprint density at radius 3 is 2.81 bits per heavy atom. The first-order valence-corrected chi connectivity index (χ1v) is 7.56. The van der Waals surface area contributed by atoms with Crippen LogP contribution in [0.25, 0.3) is 0 Å². The van der Waals surface area contributed by atoms with Gasteiger partial charge in [0, 0.05) is 26.1 Å². The highest BCUT2D eigenvalue weighted by molar-refractivity contribution is 5.76. The van der Waals surface area contributed by atoms with Crippen molar-refractivity contribution in [2.75, 3.05) is 39.4 Å². The number of hydrogen-bond donors (Lipinski definition) is 1. The van der Waals surface area contributed by atoms with E-state index in [0.29, 0.717) is 24.9 Å². The average molecular weight is 294 g/mol. The van der Waals surface area contributed by atoms with Crippen molar-refractivity contribution < 1.29 is 13.9 Å². The van der Waals surface area contributed by atoms with Crippen LogP contribution in [0.3, 0.4) is 0 Å². The van der Waals surface area contributed by atoms with Gasteiger partial charge < -0.3 is 10.1 Å². The minimum Gasteiger partial charge on any atom is -0.379 e. The van der Waals surface area contributed by atoms with Crippen molar-refractivity contribution in [1.82, 2.24) is 10.2 Å². The van der Waals surface area contributed by atoms with Gasteiger partial charge in [-0.15, -0.1) is 0 Å². The summed E-state index contributed by atoms with van der Waals surface area (Å²) < 4.78 is 18.7. The predicted molar refractivity (Wildman–Crippen MR) is 79.6 cm³/mol. The molecule has 4 nitrogen and oxygen atoms in total. The fraction of sp³-hybridized carbons (Fsp3) is 0.562.